The first-order chi connectivity index (χ1) is 19.1. The average Bonchev–Trinajstić information content (AvgIpc) is 3.49. The number of aromatic nitrogens is 4. The van der Waals surface area contributed by atoms with Crippen LogP contribution in [-0.2, 0) is 31.3 Å². The molecule has 0 bridgehead atoms. The Kier molecular flexibility index (Phi) is 7.48. The van der Waals surface area contributed by atoms with E-state index in [0.29, 0.717) is 18.5 Å². The highest BCUT2D eigenvalue weighted by atomic mass is 16.4. The molecule has 0 aliphatic heterocycles. The maximum Gasteiger partial charge on any atom is 0.346 e. The Labute approximate surface area is 234 Å². The summed E-state index contributed by atoms with van der Waals surface area (Å²) in [5.74, 6) is -0.115. The Hall–Kier alpha value is -4.39. The van der Waals surface area contributed by atoms with Gasteiger partial charge in [0.15, 0.2) is 0 Å². The van der Waals surface area contributed by atoms with Gasteiger partial charge < -0.3 is 10.1 Å². The van der Waals surface area contributed by atoms with Crippen molar-refractivity contribution in [2.45, 2.75) is 65.5 Å². The number of hydrogen-bond acceptors (Lipinski definition) is 3. The molecule has 0 aliphatic rings. The molecule has 0 radical (unpaired) electrons. The Morgan fingerprint density at radius 2 is 1.60 bits per heavy atom. The summed E-state index contributed by atoms with van der Waals surface area (Å²) >= 11 is 0. The van der Waals surface area contributed by atoms with Gasteiger partial charge in [0.2, 0.25) is 0 Å². The van der Waals surface area contributed by atoms with E-state index < -0.39 is 5.97 Å². The summed E-state index contributed by atoms with van der Waals surface area (Å²) in [6.45, 7) is 9.63. The van der Waals surface area contributed by atoms with E-state index in [2.05, 4.69) is 74.3 Å². The van der Waals surface area contributed by atoms with Crippen molar-refractivity contribution in [3.05, 3.63) is 111 Å². The van der Waals surface area contributed by atoms with E-state index in [1.807, 2.05) is 25.1 Å². The lowest BCUT2D eigenvalue weighted by Crippen LogP contribution is -2.25. The Morgan fingerprint density at radius 1 is 0.925 bits per heavy atom. The maximum atomic E-state index is 13.0. The minimum absolute atomic E-state index is 0.0628. The van der Waals surface area contributed by atoms with Crippen LogP contribution in [0.1, 0.15) is 67.0 Å². The third-order valence-corrected chi connectivity index (χ3v) is 7.53. The molecule has 40 heavy (non-hydrogen) atoms. The van der Waals surface area contributed by atoms with Crippen molar-refractivity contribution in [2.24, 2.45) is 0 Å². The minimum Gasteiger partial charge on any atom is -0.478 e. The predicted molar refractivity (Wildman–Crippen MR) is 159 cm³/mol. The number of aryl methyl sites for hydroxylation is 2. The van der Waals surface area contributed by atoms with E-state index in [1.54, 1.807) is 9.25 Å². The van der Waals surface area contributed by atoms with E-state index in [0.717, 1.165) is 47.3 Å². The molecule has 0 unspecified atom stereocenters. The molecule has 0 atom stereocenters. The van der Waals surface area contributed by atoms with Crippen LogP contribution < -0.4 is 5.69 Å². The Balaban J connectivity index is 1.24. The minimum atomic E-state index is -0.938. The zero-order chi connectivity index (χ0) is 28.4. The van der Waals surface area contributed by atoms with Crippen LogP contribution in [0.25, 0.3) is 22.0 Å². The topological polar surface area (TPSA) is 92.9 Å². The molecule has 5 rings (SSSR count). The van der Waals surface area contributed by atoms with Gasteiger partial charge in [0.1, 0.15) is 5.82 Å². The number of aromatic carboxylic acids is 1. The molecular weight excluding hydrogens is 500 g/mol. The van der Waals surface area contributed by atoms with Gasteiger partial charge in [0.05, 0.1) is 12.1 Å². The van der Waals surface area contributed by atoms with Crippen LogP contribution in [0.3, 0.4) is 0 Å². The lowest BCUT2D eigenvalue weighted by molar-refractivity contribution is 0.0699. The quantitative estimate of drug-likeness (QED) is 0.227. The number of nitrogens with one attached hydrogen (secondary N) is 1. The summed E-state index contributed by atoms with van der Waals surface area (Å²) in [4.78, 5) is 27.5. The number of benzene rings is 3. The molecule has 0 saturated heterocycles. The normalized spacial score (nSPS) is 11.8. The predicted octanol–water partition coefficient (Wildman–Crippen LogP) is 6.43. The summed E-state index contributed by atoms with van der Waals surface area (Å²) in [5.41, 5.74) is 6.68. The molecule has 0 spiro atoms. The van der Waals surface area contributed by atoms with Crippen LogP contribution in [-0.4, -0.2) is 30.4 Å². The van der Waals surface area contributed by atoms with Crippen molar-refractivity contribution in [2.75, 3.05) is 0 Å². The number of rotatable bonds is 9. The summed E-state index contributed by atoms with van der Waals surface area (Å²) in [6, 6.07) is 22.6. The molecule has 2 N–H and O–H groups in total. The van der Waals surface area contributed by atoms with Gasteiger partial charge in [-0.25, -0.2) is 14.3 Å². The van der Waals surface area contributed by atoms with Crippen molar-refractivity contribution < 1.29 is 9.90 Å². The van der Waals surface area contributed by atoms with E-state index in [4.69, 9.17) is 5.10 Å². The second-order valence-electron chi connectivity index (χ2n) is 11.4. The maximum absolute atomic E-state index is 13.0. The number of carbonyl (C=O) groups is 1. The third kappa shape index (κ3) is 5.64. The lowest BCUT2D eigenvalue weighted by Gasteiger charge is -2.19. The number of carboxylic acid groups (broad SMARTS) is 1. The van der Waals surface area contributed by atoms with E-state index in [1.165, 1.54) is 17.3 Å². The standard InChI is InChI=1S/C33H36N4O3/c1-5-36-30(35-37(32(36)40)21-23-11-16-26(17-12-23)33(2,3)4)8-6-7-22-9-13-24(14-10-22)25-15-18-29-27(19-25)28(20-34-29)31(38)39/h9-20,34H,5-8,21H2,1-4H3,(H,38,39). The van der Waals surface area contributed by atoms with E-state index >= 15 is 0 Å². The van der Waals surface area contributed by atoms with Crippen LogP contribution in [0.4, 0.5) is 0 Å². The molecule has 206 valence electrons. The van der Waals surface area contributed by atoms with Crippen molar-refractivity contribution in [3.63, 3.8) is 0 Å². The summed E-state index contributed by atoms with van der Waals surface area (Å²) in [5, 5.41) is 14.8. The number of hydrogen-bond donors (Lipinski definition) is 2. The fourth-order valence-corrected chi connectivity index (χ4v) is 5.17. The highest BCUT2D eigenvalue weighted by Gasteiger charge is 2.15. The van der Waals surface area contributed by atoms with Gasteiger partial charge in [0, 0.05) is 30.1 Å². The first-order valence-corrected chi connectivity index (χ1v) is 13.8. The van der Waals surface area contributed by atoms with Gasteiger partial charge in [-0.05, 0) is 65.1 Å². The first kappa shape index (κ1) is 27.2. The van der Waals surface area contributed by atoms with Crippen LogP contribution in [0, 0.1) is 0 Å². The van der Waals surface area contributed by atoms with Crippen LogP contribution >= 0.6 is 0 Å². The average molecular weight is 537 g/mol. The molecule has 7 heteroatoms. The van der Waals surface area contributed by atoms with E-state index in [-0.39, 0.29) is 16.7 Å². The fraction of sp³-hybridized carbons (Fsp3) is 0.303. The summed E-state index contributed by atoms with van der Waals surface area (Å²) in [7, 11) is 0. The monoisotopic (exact) mass is 536 g/mol. The summed E-state index contributed by atoms with van der Waals surface area (Å²) in [6.07, 6.45) is 4.01. The molecule has 7 nitrogen and oxygen atoms in total. The zero-order valence-electron chi connectivity index (χ0n) is 23.6. The smallest absolute Gasteiger partial charge is 0.346 e. The number of carboxylic acids is 1. The molecule has 5 aromatic rings. The first-order valence-electron chi connectivity index (χ1n) is 13.8. The van der Waals surface area contributed by atoms with Gasteiger partial charge in [-0.15, -0.1) is 0 Å². The molecular formula is C33H36N4O3. The second kappa shape index (κ2) is 11.0. The molecule has 2 heterocycles. The van der Waals surface area contributed by atoms with Crippen molar-refractivity contribution in [1.29, 1.82) is 0 Å². The van der Waals surface area contributed by atoms with Gasteiger partial charge >= 0.3 is 11.7 Å². The fourth-order valence-electron chi connectivity index (χ4n) is 5.17. The molecule has 2 aromatic heterocycles. The molecule has 0 fully saturated rings. The van der Waals surface area contributed by atoms with Crippen molar-refractivity contribution in [1.82, 2.24) is 19.3 Å². The van der Waals surface area contributed by atoms with Gasteiger partial charge in [-0.3, -0.25) is 4.57 Å². The molecule has 3 aromatic carbocycles. The Bertz CT molecular complexity index is 1700. The number of H-pyrrole nitrogens is 1. The summed E-state index contributed by atoms with van der Waals surface area (Å²) < 4.78 is 3.35. The highest BCUT2D eigenvalue weighted by Crippen LogP contribution is 2.27. The third-order valence-electron chi connectivity index (χ3n) is 7.53. The molecule has 0 saturated carbocycles. The van der Waals surface area contributed by atoms with Crippen molar-refractivity contribution in [3.8, 4) is 11.1 Å². The number of nitrogens with zero attached hydrogens (tertiary/aromatic N) is 3. The van der Waals surface area contributed by atoms with Crippen LogP contribution in [0.15, 0.2) is 77.7 Å². The van der Waals surface area contributed by atoms with E-state index in [9.17, 15) is 14.7 Å². The van der Waals surface area contributed by atoms with Gasteiger partial charge in [-0.1, -0.05) is 75.4 Å². The number of fused-ring (bicyclic) bond motifs is 1. The van der Waals surface area contributed by atoms with Gasteiger partial charge in [-0.2, -0.15) is 5.10 Å². The zero-order valence-corrected chi connectivity index (χ0v) is 23.6. The van der Waals surface area contributed by atoms with Crippen LogP contribution in [0.2, 0.25) is 0 Å². The number of aromatic amines is 1. The second-order valence-corrected chi connectivity index (χ2v) is 11.4. The SMILES string of the molecule is CCn1c(CCCc2ccc(-c3ccc4[nH]cc(C(=O)O)c4c3)cc2)nn(Cc2ccc(C(C)(C)C)cc2)c1=O. The van der Waals surface area contributed by atoms with Crippen molar-refractivity contribution >= 4 is 16.9 Å². The van der Waals surface area contributed by atoms with Crippen LogP contribution in [0.5, 0.6) is 0 Å². The highest BCUT2D eigenvalue weighted by molar-refractivity contribution is 6.04. The Morgan fingerprint density at radius 3 is 2.25 bits per heavy atom. The molecule has 0 aliphatic carbocycles. The largest absolute Gasteiger partial charge is 0.478 e. The lowest BCUT2D eigenvalue weighted by atomic mass is 9.87. The van der Waals surface area contributed by atoms with Gasteiger partial charge in [0.25, 0.3) is 0 Å². The molecule has 0 amide bonds.